The van der Waals surface area contributed by atoms with Crippen molar-refractivity contribution in [3.05, 3.63) is 135 Å². The fraction of sp³-hybridized carbons (Fsp3) is 0.0667. The molecule has 1 amide bonds. The summed E-state index contributed by atoms with van der Waals surface area (Å²) < 4.78 is 10.8. The summed E-state index contributed by atoms with van der Waals surface area (Å²) in [5.41, 5.74) is 3.92. The lowest BCUT2D eigenvalue weighted by molar-refractivity contribution is -0.384. The molecule has 5 rings (SSSR count). The summed E-state index contributed by atoms with van der Waals surface area (Å²) in [5, 5.41) is 10.9. The van der Waals surface area contributed by atoms with E-state index >= 15 is 0 Å². The minimum atomic E-state index is -0.457. The quantitative estimate of drug-likeness (QED) is 0.130. The third-order valence-corrected chi connectivity index (χ3v) is 6.12. The van der Waals surface area contributed by atoms with E-state index in [1.54, 1.807) is 53.4 Å². The van der Waals surface area contributed by atoms with E-state index in [1.165, 1.54) is 19.2 Å². The Morgan fingerprint density at radius 3 is 2.45 bits per heavy atom. The number of hydrogen-bond acceptors (Lipinski definition) is 6. The molecule has 0 saturated carbocycles. The van der Waals surface area contributed by atoms with E-state index < -0.39 is 10.9 Å². The highest BCUT2D eigenvalue weighted by atomic mass is 16.6. The maximum absolute atomic E-state index is 13.6. The first kappa shape index (κ1) is 24.5. The molecule has 1 aliphatic rings. The lowest BCUT2D eigenvalue weighted by atomic mass is 10.1. The van der Waals surface area contributed by atoms with Crippen LogP contribution in [0.4, 0.5) is 5.69 Å². The van der Waals surface area contributed by atoms with Crippen LogP contribution in [0.3, 0.4) is 0 Å². The van der Waals surface area contributed by atoms with E-state index in [0.29, 0.717) is 28.2 Å². The second kappa shape index (κ2) is 10.4. The highest BCUT2D eigenvalue weighted by Crippen LogP contribution is 2.33. The molecule has 2 heterocycles. The monoisotopic (exact) mass is 506 g/mol. The molecule has 0 spiro atoms. The van der Waals surface area contributed by atoms with Crippen LogP contribution in [-0.2, 0) is 16.1 Å². The molecule has 0 bridgehead atoms. The molecule has 0 atom stereocenters. The number of nitrogens with zero attached hydrogens (tertiary/aromatic N) is 2. The number of methoxy groups -OCH3 is 1. The van der Waals surface area contributed by atoms with E-state index in [2.05, 4.69) is 0 Å². The Balaban J connectivity index is 1.45. The Labute approximate surface area is 218 Å². The van der Waals surface area contributed by atoms with Crippen molar-refractivity contribution in [2.24, 2.45) is 0 Å². The van der Waals surface area contributed by atoms with Gasteiger partial charge in [-0.25, -0.2) is 4.79 Å². The summed E-state index contributed by atoms with van der Waals surface area (Å²) in [6, 6.07) is 26.1. The third-order valence-electron chi connectivity index (χ3n) is 6.12. The van der Waals surface area contributed by atoms with Gasteiger partial charge in [-0.2, -0.15) is 0 Å². The highest BCUT2D eigenvalue weighted by Gasteiger charge is 2.29. The Hall–Kier alpha value is -5.24. The predicted octanol–water partition coefficient (Wildman–Crippen LogP) is 6.11. The van der Waals surface area contributed by atoms with Crippen LogP contribution >= 0.6 is 0 Å². The minimum absolute atomic E-state index is 0.00464. The molecule has 0 unspecified atom stereocenters. The molecule has 38 heavy (non-hydrogen) atoms. The van der Waals surface area contributed by atoms with Crippen molar-refractivity contribution < 1.29 is 23.7 Å². The number of hydrogen-bond donors (Lipinski definition) is 0. The Kier molecular flexibility index (Phi) is 6.69. The Bertz CT molecular complexity index is 1580. The molecule has 0 saturated heterocycles. The van der Waals surface area contributed by atoms with E-state index in [1.807, 2.05) is 42.5 Å². The number of carbonyl (C=O) groups excluding carboxylic acids is 2. The summed E-state index contributed by atoms with van der Waals surface area (Å²) in [5.74, 6) is 0.349. The SMILES string of the molecule is COC(=O)c1cccc(CN2C(=O)/C(=C/c3ccc(-c4ccc([N+](=O)[O-])cc4)o3)C=C2c2ccccc2)c1. The predicted molar refractivity (Wildman–Crippen MR) is 142 cm³/mol. The van der Waals surface area contributed by atoms with Gasteiger partial charge < -0.3 is 14.1 Å². The number of amides is 1. The Morgan fingerprint density at radius 1 is 0.974 bits per heavy atom. The van der Waals surface area contributed by atoms with Gasteiger partial charge in [0.2, 0.25) is 0 Å². The topological polar surface area (TPSA) is 103 Å². The average molecular weight is 507 g/mol. The molecular weight excluding hydrogens is 484 g/mol. The van der Waals surface area contributed by atoms with Gasteiger partial charge in [-0.1, -0.05) is 42.5 Å². The number of rotatable bonds is 7. The molecule has 8 heteroatoms. The van der Waals surface area contributed by atoms with Crippen LogP contribution in [0.2, 0.25) is 0 Å². The van der Waals surface area contributed by atoms with Gasteiger partial charge in [0.15, 0.2) is 0 Å². The van der Waals surface area contributed by atoms with E-state index in [4.69, 9.17) is 9.15 Å². The highest BCUT2D eigenvalue weighted by molar-refractivity contribution is 6.10. The zero-order valence-electron chi connectivity index (χ0n) is 20.4. The van der Waals surface area contributed by atoms with E-state index in [0.717, 1.165) is 16.8 Å². The van der Waals surface area contributed by atoms with Crippen molar-refractivity contribution in [1.82, 2.24) is 4.90 Å². The second-order valence-electron chi connectivity index (χ2n) is 8.58. The van der Waals surface area contributed by atoms with E-state index in [9.17, 15) is 19.7 Å². The standard InChI is InChI=1S/C30H22N2O6/c1-37-30(34)23-9-5-6-20(16-23)19-31-27(21-7-3-2-4-8-21)18-24(29(31)33)17-26-14-15-28(38-26)22-10-12-25(13-11-22)32(35)36/h2-18H,19H2,1H3/b24-17+. The zero-order valence-corrected chi connectivity index (χ0v) is 20.4. The van der Waals surface area contributed by atoms with Gasteiger partial charge in [0.25, 0.3) is 11.6 Å². The number of nitro groups is 1. The fourth-order valence-corrected chi connectivity index (χ4v) is 4.24. The summed E-state index contributed by atoms with van der Waals surface area (Å²) in [6.45, 7) is 0.258. The third kappa shape index (κ3) is 5.01. The van der Waals surface area contributed by atoms with Crippen molar-refractivity contribution in [1.29, 1.82) is 0 Å². The van der Waals surface area contributed by atoms with Crippen LogP contribution in [0.1, 0.15) is 27.2 Å². The number of benzene rings is 3. The average Bonchev–Trinajstić information content (AvgIpc) is 3.54. The molecular formula is C30H22N2O6. The molecule has 3 aromatic carbocycles. The zero-order chi connectivity index (χ0) is 26.6. The molecule has 1 aromatic heterocycles. The fourth-order valence-electron chi connectivity index (χ4n) is 4.24. The van der Waals surface area contributed by atoms with Crippen molar-refractivity contribution in [2.75, 3.05) is 7.11 Å². The van der Waals surface area contributed by atoms with Gasteiger partial charge in [0, 0.05) is 23.3 Å². The van der Waals surface area contributed by atoms with Crippen LogP contribution in [0, 0.1) is 10.1 Å². The molecule has 0 N–H and O–H groups in total. The van der Waals surface area contributed by atoms with Crippen LogP contribution in [0.5, 0.6) is 0 Å². The van der Waals surface area contributed by atoms with Gasteiger partial charge in [0.05, 0.1) is 29.8 Å². The lowest BCUT2D eigenvalue weighted by Crippen LogP contribution is -2.25. The summed E-state index contributed by atoms with van der Waals surface area (Å²) >= 11 is 0. The molecule has 1 aliphatic heterocycles. The molecule has 188 valence electrons. The lowest BCUT2D eigenvalue weighted by Gasteiger charge is -2.21. The van der Waals surface area contributed by atoms with Crippen LogP contribution in [-0.4, -0.2) is 28.8 Å². The largest absolute Gasteiger partial charge is 0.465 e. The minimum Gasteiger partial charge on any atom is -0.465 e. The van der Waals surface area contributed by atoms with Crippen LogP contribution in [0.25, 0.3) is 23.1 Å². The molecule has 0 radical (unpaired) electrons. The van der Waals surface area contributed by atoms with Gasteiger partial charge in [-0.05, 0) is 59.7 Å². The number of non-ortho nitro benzene ring substituents is 1. The normalized spacial score (nSPS) is 14.0. The van der Waals surface area contributed by atoms with Crippen LogP contribution < -0.4 is 0 Å². The van der Waals surface area contributed by atoms with Crippen molar-refractivity contribution >= 4 is 29.3 Å². The first-order valence-electron chi connectivity index (χ1n) is 11.8. The number of esters is 1. The summed E-state index contributed by atoms with van der Waals surface area (Å²) in [7, 11) is 1.33. The Morgan fingerprint density at radius 2 is 1.74 bits per heavy atom. The maximum atomic E-state index is 13.6. The number of furan rings is 1. The number of carbonyl (C=O) groups is 2. The first-order chi connectivity index (χ1) is 18.4. The molecule has 8 nitrogen and oxygen atoms in total. The molecule has 4 aromatic rings. The van der Waals surface area contributed by atoms with Gasteiger partial charge >= 0.3 is 5.97 Å². The summed E-state index contributed by atoms with van der Waals surface area (Å²) in [4.78, 5) is 37.7. The number of nitro benzene ring substituents is 1. The summed E-state index contributed by atoms with van der Waals surface area (Å²) in [6.07, 6.45) is 3.49. The van der Waals surface area contributed by atoms with Gasteiger partial charge in [-0.15, -0.1) is 0 Å². The van der Waals surface area contributed by atoms with Gasteiger partial charge in [0.1, 0.15) is 11.5 Å². The van der Waals surface area contributed by atoms with E-state index in [-0.39, 0.29) is 18.1 Å². The van der Waals surface area contributed by atoms with Gasteiger partial charge in [-0.3, -0.25) is 14.9 Å². The van der Waals surface area contributed by atoms with Crippen LogP contribution in [0.15, 0.2) is 107 Å². The number of ether oxygens (including phenoxy) is 1. The first-order valence-corrected chi connectivity index (χ1v) is 11.8. The maximum Gasteiger partial charge on any atom is 0.337 e. The molecule has 0 fully saturated rings. The smallest absolute Gasteiger partial charge is 0.337 e. The van der Waals surface area contributed by atoms with Crippen molar-refractivity contribution in [2.45, 2.75) is 6.54 Å². The van der Waals surface area contributed by atoms with Crippen molar-refractivity contribution in [3.8, 4) is 11.3 Å². The second-order valence-corrected chi connectivity index (χ2v) is 8.58. The van der Waals surface area contributed by atoms with Crippen molar-refractivity contribution in [3.63, 3.8) is 0 Å². The molecule has 0 aliphatic carbocycles.